The molecule has 1 saturated carbocycles. The Hall–Kier alpha value is -4.49. The van der Waals surface area contributed by atoms with Crippen LogP contribution in [-0.2, 0) is 27.1 Å². The molecule has 2 aromatic rings. The normalized spacial score (nSPS) is 16.0. The highest BCUT2D eigenvalue weighted by Gasteiger charge is 2.32. The van der Waals surface area contributed by atoms with Gasteiger partial charge in [0.25, 0.3) is 0 Å². The van der Waals surface area contributed by atoms with Crippen molar-refractivity contribution in [2.24, 2.45) is 11.3 Å². The number of hydrogen-bond donors (Lipinski definition) is 1. The van der Waals surface area contributed by atoms with Gasteiger partial charge < -0.3 is 19.3 Å². The van der Waals surface area contributed by atoms with Crippen molar-refractivity contribution in [1.82, 2.24) is 0 Å². The van der Waals surface area contributed by atoms with Crippen LogP contribution in [0.4, 0.5) is 4.39 Å². The zero-order valence-corrected chi connectivity index (χ0v) is 32.6. The molecule has 290 valence electrons. The van der Waals surface area contributed by atoms with E-state index in [2.05, 4.69) is 38.3 Å². The summed E-state index contributed by atoms with van der Waals surface area (Å²) >= 11 is 0. The van der Waals surface area contributed by atoms with Gasteiger partial charge in [-0.1, -0.05) is 57.9 Å². The zero-order chi connectivity index (χ0) is 39.5. The Morgan fingerprint density at radius 1 is 0.926 bits per heavy atom. The van der Waals surface area contributed by atoms with E-state index in [0.29, 0.717) is 59.6 Å². The second-order valence-corrected chi connectivity index (χ2v) is 15.1. The van der Waals surface area contributed by atoms with Crippen LogP contribution in [0.5, 0.6) is 5.75 Å². The molecule has 8 nitrogen and oxygen atoms in total. The minimum Gasteiger partial charge on any atom is -0.492 e. The molecule has 0 aliphatic heterocycles. The van der Waals surface area contributed by atoms with E-state index in [0.717, 1.165) is 35.4 Å². The van der Waals surface area contributed by atoms with E-state index in [1.54, 1.807) is 19.9 Å². The molecule has 1 unspecified atom stereocenters. The number of ether oxygens (including phenoxy) is 3. The van der Waals surface area contributed by atoms with Crippen LogP contribution in [0.3, 0.4) is 0 Å². The fourth-order valence-electron chi connectivity index (χ4n) is 7.17. The number of halogens is 1. The number of rotatable bonds is 23. The van der Waals surface area contributed by atoms with Crippen LogP contribution >= 0.6 is 0 Å². The third kappa shape index (κ3) is 13.4. The molecule has 1 N–H and O–H groups in total. The van der Waals surface area contributed by atoms with Gasteiger partial charge in [-0.3, -0.25) is 0 Å². The molecule has 3 rings (SSSR count). The van der Waals surface area contributed by atoms with E-state index >= 15 is 4.39 Å². The van der Waals surface area contributed by atoms with Crippen LogP contribution in [0.25, 0.3) is 11.1 Å². The molecule has 1 aliphatic rings. The summed E-state index contributed by atoms with van der Waals surface area (Å²) in [6.07, 6.45) is 10.1. The summed E-state index contributed by atoms with van der Waals surface area (Å²) in [5, 5.41) is 39.0. The van der Waals surface area contributed by atoms with Crippen molar-refractivity contribution in [3.05, 3.63) is 77.1 Å². The van der Waals surface area contributed by atoms with Gasteiger partial charge in [0.1, 0.15) is 11.6 Å². The lowest BCUT2D eigenvalue weighted by Gasteiger charge is -2.29. The van der Waals surface area contributed by atoms with Gasteiger partial charge >= 0.3 is 5.97 Å². The Labute approximate surface area is 322 Å². The summed E-state index contributed by atoms with van der Waals surface area (Å²) in [6, 6.07) is 15.7. The average Bonchev–Trinajstić information content (AvgIpc) is 3.14. The Morgan fingerprint density at radius 3 is 2.07 bits per heavy atom. The summed E-state index contributed by atoms with van der Waals surface area (Å²) < 4.78 is 33.6. The van der Waals surface area contributed by atoms with Crippen molar-refractivity contribution >= 4 is 5.97 Å². The summed E-state index contributed by atoms with van der Waals surface area (Å²) in [4.78, 5) is 12.1. The number of benzene rings is 2. The minimum absolute atomic E-state index is 0.0432. The van der Waals surface area contributed by atoms with E-state index in [1.807, 2.05) is 24.3 Å². The lowest BCUT2D eigenvalue weighted by molar-refractivity contribution is -0.139. The molecule has 2 aromatic carbocycles. The lowest BCUT2D eigenvalue weighted by Crippen LogP contribution is -2.28. The molecule has 1 fully saturated rings. The highest BCUT2D eigenvalue weighted by molar-refractivity contribution is 5.86. The molecule has 0 radical (unpaired) electrons. The van der Waals surface area contributed by atoms with Crippen LogP contribution in [-0.4, -0.2) is 37.2 Å². The SMILES string of the molecule is C=C(C)C(=O)OCCCc1cc(-c2ccc(C3CCC(CCCCC)CC3)cc2F)cc(CCCOC(O)C(=C)C)c1OCC(CC#N)(CC#N)CC#N. The van der Waals surface area contributed by atoms with Gasteiger partial charge in [-0.05, 0) is 123 Å². The fourth-order valence-corrected chi connectivity index (χ4v) is 7.17. The second-order valence-electron chi connectivity index (χ2n) is 15.1. The maximum atomic E-state index is 16.2. The summed E-state index contributed by atoms with van der Waals surface area (Å²) in [6.45, 7) is 13.2. The van der Waals surface area contributed by atoms with Gasteiger partial charge in [0, 0.05) is 35.8 Å². The number of unbranched alkanes of at least 4 members (excludes halogenated alkanes) is 2. The second kappa shape index (κ2) is 22.7. The van der Waals surface area contributed by atoms with Gasteiger partial charge in [0.15, 0.2) is 6.29 Å². The molecule has 0 aromatic heterocycles. The number of aliphatic hydroxyl groups is 1. The van der Waals surface area contributed by atoms with Crippen molar-refractivity contribution in [1.29, 1.82) is 15.8 Å². The van der Waals surface area contributed by atoms with E-state index in [-0.39, 0.29) is 44.9 Å². The van der Waals surface area contributed by atoms with Gasteiger partial charge in [-0.2, -0.15) is 15.8 Å². The number of carbonyl (C=O) groups excluding carboxylic acids is 1. The molecule has 9 heteroatoms. The van der Waals surface area contributed by atoms with Gasteiger partial charge in [0.2, 0.25) is 0 Å². The maximum Gasteiger partial charge on any atom is 0.333 e. The molecule has 0 amide bonds. The van der Waals surface area contributed by atoms with Gasteiger partial charge in [0.05, 0.1) is 38.0 Å². The predicted octanol–water partition coefficient (Wildman–Crippen LogP) is 10.3. The molecule has 0 saturated heterocycles. The summed E-state index contributed by atoms with van der Waals surface area (Å²) in [7, 11) is 0. The number of hydrogen-bond acceptors (Lipinski definition) is 8. The number of aryl methyl sites for hydroxylation is 2. The Balaban J connectivity index is 2.01. The van der Waals surface area contributed by atoms with Crippen molar-refractivity contribution in [2.75, 3.05) is 19.8 Å². The third-order valence-corrected chi connectivity index (χ3v) is 10.4. The number of esters is 1. The number of carbonyl (C=O) groups is 1. The Kier molecular flexibility index (Phi) is 18.4. The smallest absolute Gasteiger partial charge is 0.333 e. The number of aliphatic hydroxyl groups excluding tert-OH is 1. The molecular formula is C45H58FN3O5. The molecular weight excluding hydrogens is 682 g/mol. The first kappa shape index (κ1) is 43.9. The Morgan fingerprint density at radius 2 is 1.54 bits per heavy atom. The highest BCUT2D eigenvalue weighted by Crippen LogP contribution is 2.41. The van der Waals surface area contributed by atoms with Crippen LogP contribution < -0.4 is 4.74 Å². The molecule has 0 heterocycles. The highest BCUT2D eigenvalue weighted by atomic mass is 19.1. The van der Waals surface area contributed by atoms with Crippen molar-refractivity contribution in [3.63, 3.8) is 0 Å². The third-order valence-electron chi connectivity index (χ3n) is 10.4. The molecule has 54 heavy (non-hydrogen) atoms. The van der Waals surface area contributed by atoms with Crippen molar-refractivity contribution < 1.29 is 28.5 Å². The van der Waals surface area contributed by atoms with Crippen molar-refractivity contribution in [2.45, 2.75) is 129 Å². The maximum absolute atomic E-state index is 16.2. The number of nitrogens with zero attached hydrogens (tertiary/aromatic N) is 3. The number of nitriles is 3. The first-order valence-electron chi connectivity index (χ1n) is 19.4. The molecule has 1 atom stereocenters. The standard InChI is InChI=1S/C45H58FN3O5/c1-6-7-8-11-34-14-16-35(17-15-34)36-18-19-40(41(46)30-36)39-28-37(12-9-26-52-43(50)32(2)3)42(38(29-39)13-10-27-53-44(51)33(4)5)54-31-45(20-23-47,21-24-48)22-25-49/h18-19,28-30,34-35,43,50H,2,4,6-17,20-22,26-27,31H2,1,3,5H3. The fraction of sp³-hybridized carbons (Fsp3) is 0.556. The van der Waals surface area contributed by atoms with Crippen LogP contribution in [0.1, 0.15) is 127 Å². The monoisotopic (exact) mass is 739 g/mol. The largest absolute Gasteiger partial charge is 0.492 e. The molecule has 1 aliphatic carbocycles. The van der Waals surface area contributed by atoms with E-state index in [9.17, 15) is 25.7 Å². The lowest BCUT2D eigenvalue weighted by atomic mass is 9.77. The molecule has 0 spiro atoms. The van der Waals surface area contributed by atoms with E-state index in [4.69, 9.17) is 14.2 Å². The van der Waals surface area contributed by atoms with Crippen LogP contribution in [0.15, 0.2) is 54.6 Å². The van der Waals surface area contributed by atoms with Crippen LogP contribution in [0.2, 0.25) is 0 Å². The van der Waals surface area contributed by atoms with E-state index < -0.39 is 17.7 Å². The summed E-state index contributed by atoms with van der Waals surface area (Å²) in [5.74, 6) is 0.820. The first-order chi connectivity index (χ1) is 26.0. The first-order valence-corrected chi connectivity index (χ1v) is 19.4. The summed E-state index contributed by atoms with van der Waals surface area (Å²) in [5.41, 5.74) is 3.41. The topological polar surface area (TPSA) is 136 Å². The zero-order valence-electron chi connectivity index (χ0n) is 32.6. The van der Waals surface area contributed by atoms with Gasteiger partial charge in [-0.15, -0.1) is 0 Å². The van der Waals surface area contributed by atoms with E-state index in [1.165, 1.54) is 38.5 Å². The van der Waals surface area contributed by atoms with Gasteiger partial charge in [-0.25, -0.2) is 9.18 Å². The Bertz CT molecular complexity index is 1650. The molecule has 0 bridgehead atoms. The predicted molar refractivity (Wildman–Crippen MR) is 208 cm³/mol. The minimum atomic E-state index is -1.10. The van der Waals surface area contributed by atoms with Crippen molar-refractivity contribution in [3.8, 4) is 35.1 Å². The average molecular weight is 740 g/mol. The quantitative estimate of drug-likeness (QED) is 0.0391. The van der Waals surface area contributed by atoms with Crippen LogP contribution in [0, 0.1) is 51.1 Å².